The van der Waals surface area contributed by atoms with Gasteiger partial charge in [0.15, 0.2) is 0 Å². The van der Waals surface area contributed by atoms with Crippen LogP contribution in [0.2, 0.25) is 0 Å². The highest BCUT2D eigenvalue weighted by Gasteiger charge is 2.63. The number of aromatic carboxylic acids is 1. The lowest BCUT2D eigenvalue weighted by atomic mass is 9.87. The Hall–Kier alpha value is -3.23. The number of hydrogen-bond acceptors (Lipinski definition) is 5. The van der Waals surface area contributed by atoms with E-state index in [0.29, 0.717) is 11.7 Å². The molecule has 35 heavy (non-hydrogen) atoms. The number of hydrogen-bond donors (Lipinski definition) is 2. The average molecular weight is 496 g/mol. The van der Waals surface area contributed by atoms with E-state index in [1.807, 2.05) is 43.8 Å². The number of ether oxygens (including phenoxy) is 1. The van der Waals surface area contributed by atoms with E-state index in [1.54, 1.807) is 24.3 Å². The van der Waals surface area contributed by atoms with Crippen molar-refractivity contribution in [2.24, 2.45) is 0 Å². The second kappa shape index (κ2) is 11.5. The van der Waals surface area contributed by atoms with Crippen LogP contribution in [-0.2, 0) is 30.0 Å². The Kier molecular flexibility index (Phi) is 8.64. The Morgan fingerprint density at radius 1 is 1.23 bits per heavy atom. The number of carbonyl (C=O) groups is 1. The zero-order chi connectivity index (χ0) is 25.6. The number of nitrogens with zero attached hydrogens (tertiary/aromatic N) is 2. The number of benzene rings is 2. The first-order valence-corrected chi connectivity index (χ1v) is 12.2. The van der Waals surface area contributed by atoms with E-state index < -0.39 is 5.97 Å². The molecule has 0 radical (unpaired) electrons. The Labute approximate surface area is 210 Å². The Balaban J connectivity index is 0.000000196. The minimum Gasteiger partial charge on any atom is -0.478 e. The molecule has 2 unspecified atom stereocenters. The lowest BCUT2D eigenvalue weighted by Crippen LogP contribution is -2.21. The predicted molar refractivity (Wildman–Crippen MR) is 136 cm³/mol. The van der Waals surface area contributed by atoms with E-state index in [4.69, 9.17) is 14.6 Å². The van der Waals surface area contributed by atoms with Gasteiger partial charge in [-0.1, -0.05) is 39.0 Å². The maximum Gasteiger partial charge on any atom is 0.335 e. The highest BCUT2D eigenvalue weighted by molar-refractivity contribution is 7.45. The first-order chi connectivity index (χ1) is 17.0. The van der Waals surface area contributed by atoms with Crippen LogP contribution in [0, 0.1) is 10.6 Å². The summed E-state index contributed by atoms with van der Waals surface area (Å²) in [6.07, 6.45) is 8.53. The van der Waals surface area contributed by atoms with Crippen molar-refractivity contribution in [3.8, 4) is 5.69 Å². The van der Waals surface area contributed by atoms with Gasteiger partial charge < -0.3 is 9.84 Å². The minimum atomic E-state index is -0.845. The Bertz CT molecular complexity index is 1210. The van der Waals surface area contributed by atoms with Gasteiger partial charge in [-0.15, -0.1) is 0 Å². The molecule has 1 aliphatic heterocycles. The lowest BCUT2D eigenvalue weighted by Gasteiger charge is -2.19. The molecule has 6 nitrogen and oxygen atoms in total. The van der Waals surface area contributed by atoms with Crippen molar-refractivity contribution in [2.75, 3.05) is 0 Å². The zero-order valence-electron chi connectivity index (χ0n) is 20.1. The number of nitrogens with one attached hydrogen (secondary N) is 1. The lowest BCUT2D eigenvalue weighted by molar-refractivity contribution is 0.0695. The van der Waals surface area contributed by atoms with E-state index in [0.717, 1.165) is 42.6 Å². The van der Waals surface area contributed by atoms with E-state index in [9.17, 15) is 9.18 Å². The van der Waals surface area contributed by atoms with Crippen LogP contribution in [0.1, 0.15) is 60.8 Å². The second-order valence-corrected chi connectivity index (χ2v) is 8.14. The quantitative estimate of drug-likeness (QED) is 0.425. The number of carboxylic acid groups (broad SMARTS) is 1. The van der Waals surface area contributed by atoms with Gasteiger partial charge in [0.25, 0.3) is 0 Å². The number of rotatable bonds is 3. The van der Waals surface area contributed by atoms with Gasteiger partial charge in [0.05, 0.1) is 29.2 Å². The summed E-state index contributed by atoms with van der Waals surface area (Å²) in [7, 11) is 0. The summed E-state index contributed by atoms with van der Waals surface area (Å²) in [5.74, 6) is -1.07. The third-order valence-electron chi connectivity index (χ3n) is 6.38. The SMILES string of the molecule is CC.CCc1ccccc1C(=O)O.Fc1ccc(-n2ncc3c2C=C2CCC4OC24C3)cc1.N=S. The van der Waals surface area contributed by atoms with Crippen LogP contribution in [-0.4, -0.2) is 32.6 Å². The van der Waals surface area contributed by atoms with E-state index in [-0.39, 0.29) is 11.4 Å². The third-order valence-corrected chi connectivity index (χ3v) is 6.38. The van der Waals surface area contributed by atoms with Crippen molar-refractivity contribution in [2.45, 2.75) is 58.2 Å². The Morgan fingerprint density at radius 2 is 1.91 bits per heavy atom. The van der Waals surface area contributed by atoms with Gasteiger partial charge in [0.1, 0.15) is 11.4 Å². The van der Waals surface area contributed by atoms with Gasteiger partial charge >= 0.3 is 5.97 Å². The maximum absolute atomic E-state index is 13.0. The monoisotopic (exact) mass is 495 g/mol. The largest absolute Gasteiger partial charge is 0.478 e. The fourth-order valence-corrected chi connectivity index (χ4v) is 4.71. The van der Waals surface area contributed by atoms with Crippen molar-refractivity contribution in [3.63, 3.8) is 0 Å². The summed E-state index contributed by atoms with van der Waals surface area (Å²) in [6.45, 7) is 5.95. The van der Waals surface area contributed by atoms with Crippen molar-refractivity contribution >= 4 is 24.5 Å². The molecule has 6 rings (SSSR count). The third kappa shape index (κ3) is 5.23. The van der Waals surface area contributed by atoms with E-state index >= 15 is 0 Å². The minimum absolute atomic E-state index is 0.00363. The van der Waals surface area contributed by atoms with E-state index in [2.05, 4.69) is 23.6 Å². The zero-order valence-corrected chi connectivity index (χ0v) is 20.9. The topological polar surface area (TPSA) is 91.5 Å². The van der Waals surface area contributed by atoms with Crippen LogP contribution in [0.3, 0.4) is 0 Å². The fourth-order valence-electron chi connectivity index (χ4n) is 4.71. The molecular formula is C27H30FN3O3S. The number of carboxylic acids is 1. The van der Waals surface area contributed by atoms with Crippen LogP contribution < -0.4 is 0 Å². The molecule has 8 heteroatoms. The molecule has 1 saturated carbocycles. The van der Waals surface area contributed by atoms with Crippen molar-refractivity contribution in [1.82, 2.24) is 9.78 Å². The maximum atomic E-state index is 13.0. The number of aryl methyl sites for hydroxylation is 1. The van der Waals surface area contributed by atoms with Crippen LogP contribution in [0.15, 0.2) is 60.3 Å². The molecule has 0 amide bonds. The van der Waals surface area contributed by atoms with Crippen molar-refractivity contribution in [1.29, 1.82) is 4.78 Å². The van der Waals surface area contributed by atoms with E-state index in [1.165, 1.54) is 23.3 Å². The molecular weight excluding hydrogens is 465 g/mol. The second-order valence-electron chi connectivity index (χ2n) is 8.14. The normalized spacial score (nSPS) is 20.1. The summed E-state index contributed by atoms with van der Waals surface area (Å²) in [6, 6.07) is 13.5. The first kappa shape index (κ1) is 26.4. The molecule has 1 saturated heterocycles. The average Bonchev–Trinajstić information content (AvgIpc) is 3.25. The van der Waals surface area contributed by atoms with Gasteiger partial charge in [-0.05, 0) is 66.8 Å². The molecule has 0 bridgehead atoms. The molecule has 1 spiro atoms. The fraction of sp³-hybridized carbons (Fsp3) is 0.333. The van der Waals surface area contributed by atoms with Crippen LogP contribution in [0.4, 0.5) is 4.39 Å². The molecule has 2 N–H and O–H groups in total. The van der Waals surface area contributed by atoms with Gasteiger partial charge in [0, 0.05) is 24.4 Å². The molecule has 3 aromatic rings. The van der Waals surface area contributed by atoms with Crippen LogP contribution >= 0.6 is 0 Å². The van der Waals surface area contributed by atoms with Crippen LogP contribution in [0.25, 0.3) is 11.8 Å². The van der Waals surface area contributed by atoms with Crippen molar-refractivity contribution in [3.05, 3.63) is 88.5 Å². The Morgan fingerprint density at radius 3 is 2.51 bits per heavy atom. The molecule has 2 heterocycles. The summed E-state index contributed by atoms with van der Waals surface area (Å²) in [5, 5.41) is 13.2. The number of epoxide rings is 1. The van der Waals surface area contributed by atoms with Gasteiger partial charge in [-0.25, -0.2) is 18.6 Å². The molecule has 3 aliphatic rings. The molecule has 2 aromatic carbocycles. The number of halogens is 1. The van der Waals surface area contributed by atoms with Gasteiger partial charge in [0.2, 0.25) is 0 Å². The summed E-state index contributed by atoms with van der Waals surface area (Å²) in [5.41, 5.74) is 5.94. The highest BCUT2D eigenvalue weighted by Crippen LogP contribution is 2.57. The summed E-state index contributed by atoms with van der Waals surface area (Å²) >= 11 is 3.33. The molecule has 2 fully saturated rings. The highest BCUT2D eigenvalue weighted by atomic mass is 32.1. The predicted octanol–water partition coefficient (Wildman–Crippen LogP) is 6.15. The summed E-state index contributed by atoms with van der Waals surface area (Å²) < 4.78 is 26.1. The van der Waals surface area contributed by atoms with Crippen molar-refractivity contribution < 1.29 is 19.0 Å². The molecule has 2 atom stereocenters. The first-order valence-electron chi connectivity index (χ1n) is 11.7. The molecule has 1 aromatic heterocycles. The standard InChI is InChI=1S/C16H13FN2O.C9H10O2.C2H6.HNS/c17-12-2-4-13(5-3-12)19-14-7-11-1-6-15-16(11,20-15)8-10(14)9-18-19;1-2-7-5-3-4-6-8(7)9(10)11;2*1-2/h2-5,7,9,15H,1,6,8H2;3-6H,2H2,1H3,(H,10,11);1-2H3;1H. The molecule has 2 aliphatic carbocycles. The molecule has 184 valence electrons. The number of aromatic nitrogens is 2. The summed E-state index contributed by atoms with van der Waals surface area (Å²) in [4.78, 5) is 10.6. The smallest absolute Gasteiger partial charge is 0.335 e. The van der Waals surface area contributed by atoms with Gasteiger partial charge in [-0.2, -0.15) is 5.10 Å². The van der Waals surface area contributed by atoms with Crippen LogP contribution in [0.5, 0.6) is 0 Å². The number of fused-ring (bicyclic) bond motifs is 1. The van der Waals surface area contributed by atoms with Gasteiger partial charge in [-0.3, -0.25) is 0 Å².